The molecule has 43 heavy (non-hydrogen) atoms. The molecule has 230 valence electrons. The molecule has 1 aliphatic heterocycles. The first-order valence-electron chi connectivity index (χ1n) is 13.8. The number of phenols is 2. The Bertz CT molecular complexity index is 1480. The molecule has 0 bridgehead atoms. The van der Waals surface area contributed by atoms with Gasteiger partial charge in [-0.05, 0) is 69.7 Å². The zero-order valence-electron chi connectivity index (χ0n) is 24.5. The van der Waals surface area contributed by atoms with Crippen LogP contribution in [0.25, 0.3) is 0 Å². The van der Waals surface area contributed by atoms with Crippen LogP contribution in [0.1, 0.15) is 48.1 Å². The molecule has 0 aliphatic carbocycles. The molecular weight excluding hydrogens is 592 g/mol. The molecule has 2 unspecified atom stereocenters. The van der Waals surface area contributed by atoms with E-state index in [1.165, 1.54) is 46.2 Å². The second-order valence-corrected chi connectivity index (χ2v) is 13.0. The number of aliphatic hydroxyl groups is 1. The third kappa shape index (κ3) is 7.84. The summed E-state index contributed by atoms with van der Waals surface area (Å²) in [4.78, 5) is 50.9. The maximum absolute atomic E-state index is 14.1. The van der Waals surface area contributed by atoms with Crippen molar-refractivity contribution in [3.63, 3.8) is 0 Å². The zero-order valence-corrected chi connectivity index (χ0v) is 26.1. The highest BCUT2D eigenvalue weighted by Crippen LogP contribution is 2.31. The second kappa shape index (κ2) is 13.7. The lowest BCUT2D eigenvalue weighted by atomic mass is 10.00. The van der Waals surface area contributed by atoms with Gasteiger partial charge in [0.05, 0.1) is 27.0 Å². The lowest BCUT2D eigenvalue weighted by Gasteiger charge is -2.35. The van der Waals surface area contributed by atoms with Crippen molar-refractivity contribution in [3.8, 4) is 11.5 Å². The number of nitrogens with one attached hydrogen (secondary N) is 1. The standard InChI is InChI=1S/C30H36N4O7S2/c1-17-18(2)32-21(19(3)31-17)15-41-28(39)22-7-5-11-34(22)29(40)30(4,16-43-26-8-6-12-42-26)33-27(38)25(37)14-20-9-10-23(35)24(36)13-20/h6,8-10,12-13,22,25,35-37H,5,7,11,14-16H2,1-4H3,(H,33,38)/t22?,25?,30-/m1/s1. The monoisotopic (exact) mass is 628 g/mol. The number of thioether (sulfide) groups is 1. The third-order valence-electron chi connectivity index (χ3n) is 7.36. The predicted octanol–water partition coefficient (Wildman–Crippen LogP) is 3.18. The van der Waals surface area contributed by atoms with E-state index in [-0.39, 0.29) is 30.3 Å². The van der Waals surface area contributed by atoms with Crippen LogP contribution >= 0.6 is 23.1 Å². The van der Waals surface area contributed by atoms with E-state index in [2.05, 4.69) is 15.3 Å². The smallest absolute Gasteiger partial charge is 0.329 e. The number of aromatic hydroxyl groups is 2. The molecule has 3 atom stereocenters. The summed E-state index contributed by atoms with van der Waals surface area (Å²) in [6.45, 7) is 7.31. The van der Waals surface area contributed by atoms with E-state index < -0.39 is 35.5 Å². The fourth-order valence-electron chi connectivity index (χ4n) is 4.78. The lowest BCUT2D eigenvalue weighted by molar-refractivity contribution is -0.156. The summed E-state index contributed by atoms with van der Waals surface area (Å²) in [6, 6.07) is 6.96. The average molecular weight is 629 g/mol. The molecule has 0 radical (unpaired) electrons. The maximum atomic E-state index is 14.1. The van der Waals surface area contributed by atoms with Crippen molar-refractivity contribution in [1.82, 2.24) is 20.2 Å². The summed E-state index contributed by atoms with van der Waals surface area (Å²) < 4.78 is 6.54. The van der Waals surface area contributed by atoms with Gasteiger partial charge in [0.15, 0.2) is 11.5 Å². The first-order valence-corrected chi connectivity index (χ1v) is 15.7. The largest absolute Gasteiger partial charge is 0.504 e. The molecule has 0 saturated carbocycles. The number of phenolic OH excluding ortho intramolecular Hbond substituents is 2. The van der Waals surface area contributed by atoms with Crippen molar-refractivity contribution in [2.45, 2.75) is 75.5 Å². The molecule has 3 aromatic rings. The topological polar surface area (TPSA) is 162 Å². The van der Waals surface area contributed by atoms with Crippen LogP contribution in [-0.2, 0) is 32.1 Å². The molecule has 4 N–H and O–H groups in total. The number of ether oxygens (including phenoxy) is 1. The van der Waals surface area contributed by atoms with Gasteiger partial charge in [-0.25, -0.2) is 4.79 Å². The van der Waals surface area contributed by atoms with E-state index in [0.717, 1.165) is 15.6 Å². The predicted molar refractivity (Wildman–Crippen MR) is 162 cm³/mol. The Hall–Kier alpha value is -3.68. The number of benzene rings is 1. The molecule has 3 heterocycles. The van der Waals surface area contributed by atoms with Crippen molar-refractivity contribution in [2.75, 3.05) is 12.3 Å². The number of aliphatic hydroxyl groups excluding tert-OH is 1. The Labute approximate surface area is 258 Å². The van der Waals surface area contributed by atoms with Crippen molar-refractivity contribution in [2.24, 2.45) is 0 Å². The summed E-state index contributed by atoms with van der Waals surface area (Å²) in [6.07, 6.45) is -0.689. The van der Waals surface area contributed by atoms with E-state index in [0.29, 0.717) is 36.3 Å². The fraction of sp³-hybridized carbons (Fsp3) is 0.433. The van der Waals surface area contributed by atoms with Crippen LogP contribution in [-0.4, -0.2) is 78.0 Å². The van der Waals surface area contributed by atoms with Crippen LogP contribution in [0.5, 0.6) is 11.5 Å². The molecule has 1 fully saturated rings. The Morgan fingerprint density at radius 3 is 2.58 bits per heavy atom. The first kappa shape index (κ1) is 32.2. The van der Waals surface area contributed by atoms with Gasteiger partial charge in [-0.2, -0.15) is 0 Å². The fourth-order valence-corrected chi connectivity index (χ4v) is 6.65. The van der Waals surface area contributed by atoms with Gasteiger partial charge in [-0.15, -0.1) is 23.1 Å². The van der Waals surface area contributed by atoms with Gasteiger partial charge in [0.2, 0.25) is 11.8 Å². The van der Waals surface area contributed by atoms with E-state index in [1.807, 2.05) is 31.4 Å². The molecule has 1 aromatic carbocycles. The number of rotatable bonds is 11. The first-order chi connectivity index (χ1) is 20.4. The quantitative estimate of drug-likeness (QED) is 0.141. The Morgan fingerprint density at radius 1 is 1.14 bits per heavy atom. The summed E-state index contributed by atoms with van der Waals surface area (Å²) in [5.74, 6) is -2.33. The van der Waals surface area contributed by atoms with E-state index >= 15 is 0 Å². The molecular formula is C30H36N4O7S2. The van der Waals surface area contributed by atoms with Gasteiger partial charge in [0, 0.05) is 18.7 Å². The number of carbonyl (C=O) groups excluding carboxylic acids is 3. The number of hydrogen-bond acceptors (Lipinski definition) is 11. The lowest BCUT2D eigenvalue weighted by Crippen LogP contribution is -2.62. The van der Waals surface area contributed by atoms with Crippen LogP contribution in [0.4, 0.5) is 0 Å². The van der Waals surface area contributed by atoms with Crippen LogP contribution in [0.2, 0.25) is 0 Å². The molecule has 1 saturated heterocycles. The van der Waals surface area contributed by atoms with Gasteiger partial charge >= 0.3 is 5.97 Å². The minimum atomic E-state index is -1.54. The van der Waals surface area contributed by atoms with Crippen LogP contribution in [0.15, 0.2) is 39.9 Å². The number of aromatic nitrogens is 2. The second-order valence-electron chi connectivity index (χ2n) is 10.8. The Kier molecular flexibility index (Phi) is 10.3. The maximum Gasteiger partial charge on any atom is 0.329 e. The summed E-state index contributed by atoms with van der Waals surface area (Å²) >= 11 is 2.88. The highest BCUT2D eigenvalue weighted by Gasteiger charge is 2.45. The number of nitrogens with zero attached hydrogens (tertiary/aromatic N) is 3. The van der Waals surface area contributed by atoms with Crippen LogP contribution < -0.4 is 5.32 Å². The highest BCUT2D eigenvalue weighted by atomic mass is 32.2. The number of esters is 1. The van der Waals surface area contributed by atoms with Crippen molar-refractivity contribution < 1.29 is 34.4 Å². The third-order valence-corrected chi connectivity index (χ3v) is 9.80. The molecule has 2 amide bonds. The van der Waals surface area contributed by atoms with Crippen molar-refractivity contribution in [1.29, 1.82) is 0 Å². The van der Waals surface area contributed by atoms with Gasteiger partial charge < -0.3 is 30.3 Å². The van der Waals surface area contributed by atoms with E-state index in [1.54, 1.807) is 13.8 Å². The van der Waals surface area contributed by atoms with Crippen molar-refractivity contribution >= 4 is 40.9 Å². The van der Waals surface area contributed by atoms with Crippen LogP contribution in [0, 0.1) is 20.8 Å². The summed E-state index contributed by atoms with van der Waals surface area (Å²) in [5.41, 5.74) is 1.71. The minimum Gasteiger partial charge on any atom is -0.504 e. The van der Waals surface area contributed by atoms with Gasteiger partial charge in [0.1, 0.15) is 24.3 Å². The van der Waals surface area contributed by atoms with Gasteiger partial charge in [-0.1, -0.05) is 12.1 Å². The SMILES string of the molecule is Cc1nc(C)c(COC(=O)C2CCCN2C(=O)[C@@](C)(CSc2cccs2)NC(=O)C(O)Cc2ccc(O)c(O)c2)nc1C. The van der Waals surface area contributed by atoms with E-state index in [4.69, 9.17) is 4.74 Å². The molecule has 1 aliphatic rings. The highest BCUT2D eigenvalue weighted by molar-refractivity contribution is 8.01. The minimum absolute atomic E-state index is 0.0709. The molecule has 13 heteroatoms. The molecule has 4 rings (SSSR count). The Balaban J connectivity index is 1.49. The number of thiophene rings is 1. The number of likely N-dealkylation sites (tertiary alicyclic amines) is 1. The van der Waals surface area contributed by atoms with Crippen LogP contribution in [0.3, 0.4) is 0 Å². The Morgan fingerprint density at radius 2 is 1.88 bits per heavy atom. The van der Waals surface area contributed by atoms with Crippen molar-refractivity contribution in [3.05, 3.63) is 64.1 Å². The summed E-state index contributed by atoms with van der Waals surface area (Å²) in [5, 5.41) is 34.7. The number of amides is 2. The average Bonchev–Trinajstić information content (AvgIpc) is 3.67. The van der Waals surface area contributed by atoms with Gasteiger partial charge in [0.25, 0.3) is 0 Å². The normalized spacial score (nSPS) is 16.9. The molecule has 11 nitrogen and oxygen atoms in total. The summed E-state index contributed by atoms with van der Waals surface area (Å²) in [7, 11) is 0. The molecule has 0 spiro atoms. The number of hydrogen-bond donors (Lipinski definition) is 4. The van der Waals surface area contributed by atoms with Gasteiger partial charge in [-0.3, -0.25) is 19.6 Å². The number of carbonyl (C=O) groups is 3. The molecule has 2 aromatic heterocycles. The van der Waals surface area contributed by atoms with E-state index in [9.17, 15) is 29.7 Å². The zero-order chi connectivity index (χ0) is 31.3. The number of aryl methyl sites for hydroxylation is 3.